The minimum Gasteiger partial charge on any atom is -0.341 e. The average molecular weight is 362 g/mol. The van der Waals surface area contributed by atoms with Crippen LogP contribution in [0.3, 0.4) is 0 Å². The first-order valence-electron chi connectivity index (χ1n) is 9.63. The van der Waals surface area contributed by atoms with Gasteiger partial charge in [0.15, 0.2) is 0 Å². The van der Waals surface area contributed by atoms with Gasteiger partial charge in [-0.05, 0) is 69.1 Å². The molecule has 1 aliphatic rings. The Hall–Kier alpha value is -2.66. The van der Waals surface area contributed by atoms with Gasteiger partial charge in [0.05, 0.1) is 17.6 Å². The number of nitrogens with zero attached hydrogens (tertiary/aromatic N) is 2. The largest absolute Gasteiger partial charge is 0.341 e. The third kappa shape index (κ3) is 3.88. The first-order chi connectivity index (χ1) is 13.1. The second-order valence-corrected chi connectivity index (χ2v) is 7.49. The molecular weight excluding hydrogens is 336 g/mol. The molecule has 0 aliphatic carbocycles. The van der Waals surface area contributed by atoms with Crippen LogP contribution < -0.4 is 5.32 Å². The molecule has 2 N–H and O–H groups in total. The van der Waals surface area contributed by atoms with Gasteiger partial charge in [0.25, 0.3) is 0 Å². The number of hydrogen-bond donors (Lipinski definition) is 2. The molecule has 0 saturated carbocycles. The standard InChI is InChI=1S/C22H26N4O/c1-15-6-5-9-18(16(15)2)25-22(27)17-10-12-26(13-11-17)14-21-23-19-7-3-4-8-20(19)24-21/h3-9,17H,10-14H2,1-2H3,(H,23,24)(H,25,27). The number of benzene rings is 2. The Kier molecular flexibility index (Phi) is 4.94. The Balaban J connectivity index is 1.33. The average Bonchev–Trinajstić information content (AvgIpc) is 3.08. The van der Waals surface area contributed by atoms with Crippen molar-refractivity contribution in [3.8, 4) is 0 Å². The predicted octanol–water partition coefficient (Wildman–Crippen LogP) is 4.03. The lowest BCUT2D eigenvalue weighted by Gasteiger charge is -2.30. The molecule has 1 aliphatic heterocycles. The van der Waals surface area contributed by atoms with E-state index in [0.29, 0.717) is 0 Å². The zero-order chi connectivity index (χ0) is 18.8. The highest BCUT2D eigenvalue weighted by atomic mass is 16.1. The van der Waals surface area contributed by atoms with E-state index in [1.807, 2.05) is 30.3 Å². The topological polar surface area (TPSA) is 61.0 Å². The highest BCUT2D eigenvalue weighted by Gasteiger charge is 2.25. The quantitative estimate of drug-likeness (QED) is 0.737. The van der Waals surface area contributed by atoms with Crippen LogP contribution in [0.15, 0.2) is 42.5 Å². The molecule has 1 saturated heterocycles. The van der Waals surface area contributed by atoms with Crippen molar-refractivity contribution in [1.82, 2.24) is 14.9 Å². The molecule has 3 aromatic rings. The van der Waals surface area contributed by atoms with Crippen LogP contribution in [0.1, 0.15) is 29.8 Å². The Morgan fingerprint density at radius 2 is 1.93 bits per heavy atom. The van der Waals surface area contributed by atoms with Gasteiger partial charge in [-0.3, -0.25) is 9.69 Å². The summed E-state index contributed by atoms with van der Waals surface area (Å²) in [6, 6.07) is 14.2. The summed E-state index contributed by atoms with van der Waals surface area (Å²) >= 11 is 0. The number of amides is 1. The zero-order valence-corrected chi connectivity index (χ0v) is 16.0. The number of aromatic nitrogens is 2. The van der Waals surface area contributed by atoms with E-state index in [0.717, 1.165) is 60.6 Å². The van der Waals surface area contributed by atoms with Crippen molar-refractivity contribution in [3.63, 3.8) is 0 Å². The van der Waals surface area contributed by atoms with Gasteiger partial charge in [0.1, 0.15) is 5.82 Å². The highest BCUT2D eigenvalue weighted by Crippen LogP contribution is 2.23. The number of piperidine rings is 1. The van der Waals surface area contributed by atoms with Crippen LogP contribution in [0.2, 0.25) is 0 Å². The molecule has 5 nitrogen and oxygen atoms in total. The third-order valence-electron chi connectivity index (χ3n) is 5.63. The van der Waals surface area contributed by atoms with E-state index < -0.39 is 0 Å². The van der Waals surface area contributed by atoms with Crippen molar-refractivity contribution >= 4 is 22.6 Å². The van der Waals surface area contributed by atoms with Crippen molar-refractivity contribution in [2.75, 3.05) is 18.4 Å². The van der Waals surface area contributed by atoms with E-state index in [9.17, 15) is 4.79 Å². The van der Waals surface area contributed by atoms with Gasteiger partial charge < -0.3 is 10.3 Å². The van der Waals surface area contributed by atoms with Crippen LogP contribution in [0.4, 0.5) is 5.69 Å². The Labute approximate surface area is 159 Å². The zero-order valence-electron chi connectivity index (χ0n) is 16.0. The van der Waals surface area contributed by atoms with Crippen molar-refractivity contribution in [1.29, 1.82) is 0 Å². The lowest BCUT2D eigenvalue weighted by Crippen LogP contribution is -2.38. The SMILES string of the molecule is Cc1cccc(NC(=O)C2CCN(Cc3nc4ccccc4[nH]3)CC2)c1C. The number of carbonyl (C=O) groups excluding carboxylic acids is 1. The number of hydrogen-bond acceptors (Lipinski definition) is 3. The number of rotatable bonds is 4. The summed E-state index contributed by atoms with van der Waals surface area (Å²) in [6.07, 6.45) is 1.77. The summed E-state index contributed by atoms with van der Waals surface area (Å²) in [5.41, 5.74) is 5.37. The normalized spacial score (nSPS) is 15.9. The molecular formula is C22H26N4O. The molecule has 2 heterocycles. The van der Waals surface area contributed by atoms with Gasteiger partial charge in [-0.25, -0.2) is 4.98 Å². The highest BCUT2D eigenvalue weighted by molar-refractivity contribution is 5.93. The summed E-state index contributed by atoms with van der Waals surface area (Å²) in [4.78, 5) is 23.1. The van der Waals surface area contributed by atoms with Crippen molar-refractivity contribution < 1.29 is 4.79 Å². The number of fused-ring (bicyclic) bond motifs is 1. The number of H-pyrrole nitrogens is 1. The smallest absolute Gasteiger partial charge is 0.227 e. The monoisotopic (exact) mass is 362 g/mol. The molecule has 0 bridgehead atoms. The van der Waals surface area contributed by atoms with E-state index in [2.05, 4.69) is 46.2 Å². The molecule has 140 valence electrons. The summed E-state index contributed by atoms with van der Waals surface area (Å²) in [6.45, 7) is 6.77. The molecule has 5 heteroatoms. The van der Waals surface area contributed by atoms with E-state index >= 15 is 0 Å². The molecule has 0 spiro atoms. The minimum atomic E-state index is 0.0804. The molecule has 1 amide bonds. The van der Waals surface area contributed by atoms with Gasteiger partial charge in [0, 0.05) is 11.6 Å². The number of aryl methyl sites for hydroxylation is 1. The predicted molar refractivity (Wildman–Crippen MR) is 109 cm³/mol. The van der Waals surface area contributed by atoms with Crippen LogP contribution in [0.25, 0.3) is 11.0 Å². The maximum Gasteiger partial charge on any atom is 0.227 e. The van der Waals surface area contributed by atoms with Gasteiger partial charge >= 0.3 is 0 Å². The number of nitrogens with one attached hydrogen (secondary N) is 2. The molecule has 0 unspecified atom stereocenters. The maximum absolute atomic E-state index is 12.7. The van der Waals surface area contributed by atoms with Crippen molar-refractivity contribution in [2.24, 2.45) is 5.92 Å². The molecule has 0 radical (unpaired) electrons. The first kappa shape index (κ1) is 17.7. The van der Waals surface area contributed by atoms with E-state index in [-0.39, 0.29) is 11.8 Å². The van der Waals surface area contributed by atoms with E-state index in [1.165, 1.54) is 5.56 Å². The molecule has 1 aromatic heterocycles. The van der Waals surface area contributed by atoms with Crippen LogP contribution in [0.5, 0.6) is 0 Å². The third-order valence-corrected chi connectivity index (χ3v) is 5.63. The van der Waals surface area contributed by atoms with Gasteiger partial charge in [-0.15, -0.1) is 0 Å². The fraction of sp³-hybridized carbons (Fsp3) is 0.364. The maximum atomic E-state index is 12.7. The number of imidazole rings is 1. The Morgan fingerprint density at radius 3 is 2.70 bits per heavy atom. The molecule has 1 fully saturated rings. The lowest BCUT2D eigenvalue weighted by molar-refractivity contribution is -0.121. The number of likely N-dealkylation sites (tertiary alicyclic amines) is 1. The lowest BCUT2D eigenvalue weighted by atomic mass is 9.95. The summed E-state index contributed by atoms with van der Waals surface area (Å²) in [7, 11) is 0. The molecule has 0 atom stereocenters. The van der Waals surface area contributed by atoms with E-state index in [1.54, 1.807) is 0 Å². The Morgan fingerprint density at radius 1 is 1.15 bits per heavy atom. The van der Waals surface area contributed by atoms with Crippen LogP contribution >= 0.6 is 0 Å². The summed E-state index contributed by atoms with van der Waals surface area (Å²) in [5.74, 6) is 1.22. The number of carbonyl (C=O) groups is 1. The van der Waals surface area contributed by atoms with Gasteiger partial charge in [-0.2, -0.15) is 0 Å². The summed E-state index contributed by atoms with van der Waals surface area (Å²) < 4.78 is 0. The first-order valence-corrected chi connectivity index (χ1v) is 9.63. The second-order valence-electron chi connectivity index (χ2n) is 7.49. The van der Waals surface area contributed by atoms with Crippen LogP contribution in [-0.2, 0) is 11.3 Å². The minimum absolute atomic E-state index is 0.0804. The van der Waals surface area contributed by atoms with Gasteiger partial charge in [0.2, 0.25) is 5.91 Å². The summed E-state index contributed by atoms with van der Waals surface area (Å²) in [5, 5.41) is 3.13. The molecule has 27 heavy (non-hydrogen) atoms. The second kappa shape index (κ2) is 7.53. The molecule has 2 aromatic carbocycles. The molecule has 4 rings (SSSR count). The number of anilines is 1. The van der Waals surface area contributed by atoms with Crippen molar-refractivity contribution in [3.05, 3.63) is 59.4 Å². The fourth-order valence-corrected chi connectivity index (χ4v) is 3.77. The van der Waals surface area contributed by atoms with Crippen molar-refractivity contribution in [2.45, 2.75) is 33.2 Å². The van der Waals surface area contributed by atoms with Crippen LogP contribution in [0, 0.1) is 19.8 Å². The fourth-order valence-electron chi connectivity index (χ4n) is 3.77. The van der Waals surface area contributed by atoms with Gasteiger partial charge in [-0.1, -0.05) is 24.3 Å². The van der Waals surface area contributed by atoms with E-state index in [4.69, 9.17) is 0 Å². The number of aromatic amines is 1. The number of para-hydroxylation sites is 2. The Bertz CT molecular complexity index is 921. The van der Waals surface area contributed by atoms with Crippen LogP contribution in [-0.4, -0.2) is 33.9 Å².